The zero-order valence-corrected chi connectivity index (χ0v) is 12.9. The molecule has 0 bridgehead atoms. The summed E-state index contributed by atoms with van der Waals surface area (Å²) in [6.45, 7) is 0.814. The minimum Gasteiger partial charge on any atom is -0.399 e. The van der Waals surface area contributed by atoms with E-state index in [0.717, 1.165) is 43.6 Å². The first kappa shape index (κ1) is 14.1. The summed E-state index contributed by atoms with van der Waals surface area (Å²) in [6.07, 6.45) is 4.57. The average molecular weight is 300 g/mol. The Hall–Kier alpha value is -1.81. The predicted molar refractivity (Wildman–Crippen MR) is 88.8 cm³/mol. The fourth-order valence-corrected chi connectivity index (χ4v) is 3.61. The maximum atomic E-state index is 12.5. The van der Waals surface area contributed by atoms with Crippen LogP contribution in [0.3, 0.4) is 0 Å². The van der Waals surface area contributed by atoms with Crippen LogP contribution in [0.25, 0.3) is 0 Å². The van der Waals surface area contributed by atoms with E-state index in [4.69, 9.17) is 5.73 Å². The van der Waals surface area contributed by atoms with Crippen molar-refractivity contribution in [2.45, 2.75) is 32.1 Å². The molecule has 2 N–H and O–H groups in total. The Bertz CT molecular complexity index is 622. The van der Waals surface area contributed by atoms with E-state index in [-0.39, 0.29) is 5.91 Å². The number of nitrogens with two attached hydrogens (primary N) is 1. The molecule has 3 rings (SSSR count). The Morgan fingerprint density at radius 2 is 2.24 bits per heavy atom. The normalized spacial score (nSPS) is 14.0. The summed E-state index contributed by atoms with van der Waals surface area (Å²) in [5.74, 6) is 0.220. The first-order valence-electron chi connectivity index (χ1n) is 7.45. The molecule has 0 unspecified atom stereocenters. The van der Waals surface area contributed by atoms with Crippen LogP contribution in [0.5, 0.6) is 0 Å². The van der Waals surface area contributed by atoms with E-state index in [2.05, 4.69) is 23.6 Å². The lowest BCUT2D eigenvalue weighted by Gasteiger charge is -2.30. The molecule has 0 atom stereocenters. The summed E-state index contributed by atoms with van der Waals surface area (Å²) in [5.41, 5.74) is 8.85. The van der Waals surface area contributed by atoms with Crippen molar-refractivity contribution in [1.29, 1.82) is 0 Å². The third-order valence-corrected chi connectivity index (χ3v) is 4.86. The highest BCUT2D eigenvalue weighted by Gasteiger charge is 2.22. The van der Waals surface area contributed by atoms with Crippen LogP contribution in [0.2, 0.25) is 0 Å². The number of carbonyl (C=O) groups excluding carboxylic acids is 1. The van der Waals surface area contributed by atoms with Crippen molar-refractivity contribution in [3.63, 3.8) is 0 Å². The predicted octanol–water partition coefficient (Wildman–Crippen LogP) is 3.63. The number of aryl methyl sites for hydroxylation is 2. The van der Waals surface area contributed by atoms with Crippen molar-refractivity contribution in [2.24, 2.45) is 0 Å². The van der Waals surface area contributed by atoms with Crippen molar-refractivity contribution in [2.75, 3.05) is 17.2 Å². The van der Waals surface area contributed by atoms with Crippen LogP contribution >= 0.6 is 11.3 Å². The molecule has 3 nitrogen and oxygen atoms in total. The Labute approximate surface area is 129 Å². The van der Waals surface area contributed by atoms with E-state index in [9.17, 15) is 4.79 Å². The zero-order valence-electron chi connectivity index (χ0n) is 12.0. The van der Waals surface area contributed by atoms with E-state index in [1.807, 2.05) is 17.0 Å². The minimum atomic E-state index is 0.220. The van der Waals surface area contributed by atoms with Crippen LogP contribution in [-0.4, -0.2) is 12.5 Å². The van der Waals surface area contributed by atoms with Gasteiger partial charge in [0.05, 0.1) is 0 Å². The van der Waals surface area contributed by atoms with E-state index in [1.165, 1.54) is 10.4 Å². The van der Waals surface area contributed by atoms with Crippen molar-refractivity contribution in [1.82, 2.24) is 0 Å². The fourth-order valence-electron chi connectivity index (χ4n) is 2.85. The van der Waals surface area contributed by atoms with E-state index in [1.54, 1.807) is 11.3 Å². The maximum absolute atomic E-state index is 12.5. The number of fused-ring (bicyclic) bond motifs is 1. The van der Waals surface area contributed by atoms with Crippen LogP contribution in [0.4, 0.5) is 11.4 Å². The molecule has 1 aromatic carbocycles. The highest BCUT2D eigenvalue weighted by Crippen LogP contribution is 2.29. The van der Waals surface area contributed by atoms with Gasteiger partial charge in [0.15, 0.2) is 0 Å². The first-order valence-corrected chi connectivity index (χ1v) is 8.33. The highest BCUT2D eigenvalue weighted by atomic mass is 32.1. The molecule has 0 fully saturated rings. The maximum Gasteiger partial charge on any atom is 0.226 e. The van der Waals surface area contributed by atoms with Gasteiger partial charge in [0.25, 0.3) is 0 Å². The quantitative estimate of drug-likeness (QED) is 0.876. The van der Waals surface area contributed by atoms with E-state index in [0.29, 0.717) is 6.42 Å². The molecule has 2 aromatic rings. The number of benzene rings is 1. The van der Waals surface area contributed by atoms with Gasteiger partial charge >= 0.3 is 0 Å². The van der Waals surface area contributed by atoms with Crippen molar-refractivity contribution >= 4 is 28.6 Å². The fraction of sp³-hybridized carbons (Fsp3) is 0.353. The summed E-state index contributed by atoms with van der Waals surface area (Å²) in [7, 11) is 0. The van der Waals surface area contributed by atoms with Gasteiger partial charge in [0.1, 0.15) is 0 Å². The number of rotatable bonds is 4. The summed E-state index contributed by atoms with van der Waals surface area (Å²) < 4.78 is 0. The van der Waals surface area contributed by atoms with Crippen LogP contribution in [0, 0.1) is 0 Å². The summed E-state index contributed by atoms with van der Waals surface area (Å²) in [6, 6.07) is 10.1. The molecule has 0 radical (unpaired) electrons. The molecule has 21 heavy (non-hydrogen) atoms. The van der Waals surface area contributed by atoms with Gasteiger partial charge in [-0.3, -0.25) is 4.79 Å². The molecule has 0 saturated carbocycles. The zero-order chi connectivity index (χ0) is 14.7. The Balaban J connectivity index is 1.64. The first-order chi connectivity index (χ1) is 10.2. The lowest BCUT2D eigenvalue weighted by Crippen LogP contribution is -2.35. The van der Waals surface area contributed by atoms with Crippen LogP contribution in [-0.2, 0) is 17.6 Å². The number of nitrogens with zero attached hydrogens (tertiary/aromatic N) is 1. The number of anilines is 2. The Morgan fingerprint density at radius 1 is 1.33 bits per heavy atom. The number of hydrogen-bond donors (Lipinski definition) is 1. The van der Waals surface area contributed by atoms with Crippen molar-refractivity contribution < 1.29 is 4.79 Å². The van der Waals surface area contributed by atoms with Gasteiger partial charge in [-0.2, -0.15) is 0 Å². The molecule has 0 spiro atoms. The second kappa shape index (κ2) is 6.31. The van der Waals surface area contributed by atoms with E-state index < -0.39 is 0 Å². The monoisotopic (exact) mass is 300 g/mol. The van der Waals surface area contributed by atoms with Crippen molar-refractivity contribution in [3.8, 4) is 0 Å². The lowest BCUT2D eigenvalue weighted by atomic mass is 10.0. The Kier molecular flexibility index (Phi) is 4.25. The molecule has 0 aliphatic carbocycles. The van der Waals surface area contributed by atoms with Crippen LogP contribution in [0.15, 0.2) is 35.7 Å². The highest BCUT2D eigenvalue weighted by molar-refractivity contribution is 7.09. The standard InChI is InChI=1S/C17H20N2OS/c18-14-9-8-13-4-2-10-19(16(13)12-14)17(20)7-1-5-15-6-3-11-21-15/h3,6,8-9,11-12H,1-2,4-5,7,10,18H2. The van der Waals surface area contributed by atoms with Crippen molar-refractivity contribution in [3.05, 3.63) is 46.2 Å². The molecule has 2 heterocycles. The van der Waals surface area contributed by atoms with Gasteiger partial charge in [-0.05, 0) is 54.8 Å². The summed E-state index contributed by atoms with van der Waals surface area (Å²) >= 11 is 1.76. The molecule has 1 amide bonds. The van der Waals surface area contributed by atoms with Crippen LogP contribution < -0.4 is 10.6 Å². The summed E-state index contributed by atoms with van der Waals surface area (Å²) in [4.78, 5) is 15.8. The number of amides is 1. The molecular formula is C17H20N2OS. The average Bonchev–Trinajstić information content (AvgIpc) is 2.99. The van der Waals surface area contributed by atoms with Gasteiger partial charge in [0, 0.05) is 29.2 Å². The topological polar surface area (TPSA) is 46.3 Å². The second-order valence-corrected chi connectivity index (χ2v) is 6.50. The Morgan fingerprint density at radius 3 is 3.05 bits per heavy atom. The van der Waals surface area contributed by atoms with Crippen LogP contribution in [0.1, 0.15) is 29.7 Å². The molecule has 1 aliphatic rings. The third-order valence-electron chi connectivity index (χ3n) is 3.92. The van der Waals surface area contributed by atoms with Gasteiger partial charge in [-0.25, -0.2) is 0 Å². The molecule has 1 aromatic heterocycles. The SMILES string of the molecule is Nc1ccc2c(c1)N(C(=O)CCCc1cccs1)CCC2. The van der Waals surface area contributed by atoms with Gasteiger partial charge in [0.2, 0.25) is 5.91 Å². The third kappa shape index (κ3) is 3.27. The number of thiophene rings is 1. The number of hydrogen-bond acceptors (Lipinski definition) is 3. The number of carbonyl (C=O) groups is 1. The van der Waals surface area contributed by atoms with Gasteiger partial charge in [-0.15, -0.1) is 11.3 Å². The molecular weight excluding hydrogens is 280 g/mol. The molecule has 110 valence electrons. The number of nitrogen functional groups attached to an aromatic ring is 1. The molecule has 4 heteroatoms. The van der Waals surface area contributed by atoms with Gasteiger partial charge in [-0.1, -0.05) is 12.1 Å². The largest absolute Gasteiger partial charge is 0.399 e. The second-order valence-electron chi connectivity index (χ2n) is 5.47. The molecule has 1 aliphatic heterocycles. The molecule has 0 saturated heterocycles. The van der Waals surface area contributed by atoms with Gasteiger partial charge < -0.3 is 10.6 Å². The minimum absolute atomic E-state index is 0.220. The lowest BCUT2D eigenvalue weighted by molar-refractivity contribution is -0.118. The smallest absolute Gasteiger partial charge is 0.226 e. The summed E-state index contributed by atoms with van der Waals surface area (Å²) in [5, 5.41) is 2.08. The van der Waals surface area contributed by atoms with E-state index >= 15 is 0 Å².